The van der Waals surface area contributed by atoms with Crippen molar-refractivity contribution in [1.29, 1.82) is 0 Å². The summed E-state index contributed by atoms with van der Waals surface area (Å²) in [5.74, 6) is -0.0367. The fraction of sp³-hybridized carbons (Fsp3) is 0.188. The van der Waals surface area contributed by atoms with Crippen molar-refractivity contribution >= 4 is 39.1 Å². The van der Waals surface area contributed by atoms with Gasteiger partial charge in [0.05, 0.1) is 5.56 Å². The first-order chi connectivity index (χ1) is 9.54. The van der Waals surface area contributed by atoms with Crippen molar-refractivity contribution < 1.29 is 4.79 Å². The molecule has 0 N–H and O–H groups in total. The number of hydrogen-bond acceptors (Lipinski definition) is 1. The number of rotatable bonds is 3. The van der Waals surface area contributed by atoms with E-state index in [1.54, 1.807) is 23.1 Å². The third-order valence-electron chi connectivity index (χ3n) is 3.13. The summed E-state index contributed by atoms with van der Waals surface area (Å²) in [6.07, 6.45) is 0. The maximum absolute atomic E-state index is 12.7. The Morgan fingerprint density at radius 3 is 2.55 bits per heavy atom. The standard InChI is InChI=1S/C16H15BrClNO/c1-3-19(15-7-5-4-6-11(15)2)16(20)13-9-8-12(18)10-14(13)17/h4-10H,3H2,1-2H3. The van der Waals surface area contributed by atoms with Crippen LogP contribution in [-0.4, -0.2) is 12.5 Å². The van der Waals surface area contributed by atoms with Gasteiger partial charge in [0.15, 0.2) is 0 Å². The minimum atomic E-state index is -0.0367. The number of carbonyl (C=O) groups is 1. The number of halogens is 2. The number of anilines is 1. The average Bonchev–Trinajstić information content (AvgIpc) is 2.41. The second-order valence-corrected chi connectivity index (χ2v) is 5.75. The summed E-state index contributed by atoms with van der Waals surface area (Å²) in [6.45, 7) is 4.58. The van der Waals surface area contributed by atoms with Crippen LogP contribution >= 0.6 is 27.5 Å². The molecule has 0 unspecified atom stereocenters. The van der Waals surface area contributed by atoms with Crippen LogP contribution in [0, 0.1) is 6.92 Å². The Morgan fingerprint density at radius 2 is 1.95 bits per heavy atom. The number of nitrogens with zero attached hydrogens (tertiary/aromatic N) is 1. The summed E-state index contributed by atoms with van der Waals surface area (Å²) >= 11 is 9.33. The van der Waals surface area contributed by atoms with Crippen LogP contribution in [0.4, 0.5) is 5.69 Å². The maximum Gasteiger partial charge on any atom is 0.259 e. The molecule has 0 spiro atoms. The Hall–Kier alpha value is -1.32. The van der Waals surface area contributed by atoms with E-state index in [-0.39, 0.29) is 5.91 Å². The van der Waals surface area contributed by atoms with Crippen LogP contribution in [0.25, 0.3) is 0 Å². The van der Waals surface area contributed by atoms with E-state index >= 15 is 0 Å². The monoisotopic (exact) mass is 351 g/mol. The van der Waals surface area contributed by atoms with Crippen LogP contribution in [0.3, 0.4) is 0 Å². The summed E-state index contributed by atoms with van der Waals surface area (Å²) in [5, 5.41) is 0.604. The number of benzene rings is 2. The van der Waals surface area contributed by atoms with Crippen molar-refractivity contribution in [2.75, 3.05) is 11.4 Å². The molecule has 0 saturated carbocycles. The minimum Gasteiger partial charge on any atom is -0.308 e. The van der Waals surface area contributed by atoms with Gasteiger partial charge in [0.2, 0.25) is 0 Å². The van der Waals surface area contributed by atoms with Gasteiger partial charge in [-0.05, 0) is 59.6 Å². The number of amides is 1. The lowest BCUT2D eigenvalue weighted by Crippen LogP contribution is -2.31. The number of carbonyl (C=O) groups excluding carboxylic acids is 1. The molecule has 1 amide bonds. The number of para-hydroxylation sites is 1. The Balaban J connectivity index is 2.42. The predicted molar refractivity (Wildman–Crippen MR) is 87.7 cm³/mol. The van der Waals surface area contributed by atoms with E-state index < -0.39 is 0 Å². The molecule has 0 aromatic heterocycles. The van der Waals surface area contributed by atoms with Crippen LogP contribution in [-0.2, 0) is 0 Å². The number of hydrogen-bond donors (Lipinski definition) is 0. The van der Waals surface area contributed by atoms with Crippen molar-refractivity contribution in [3.63, 3.8) is 0 Å². The lowest BCUT2D eigenvalue weighted by atomic mass is 10.1. The third kappa shape index (κ3) is 3.05. The van der Waals surface area contributed by atoms with Crippen molar-refractivity contribution in [3.8, 4) is 0 Å². The molecular formula is C16H15BrClNO. The first-order valence-corrected chi connectivity index (χ1v) is 7.54. The Bertz CT molecular complexity index is 642. The highest BCUT2D eigenvalue weighted by Gasteiger charge is 2.19. The van der Waals surface area contributed by atoms with Gasteiger partial charge in [0, 0.05) is 21.7 Å². The topological polar surface area (TPSA) is 20.3 Å². The van der Waals surface area contributed by atoms with Crippen LogP contribution in [0.5, 0.6) is 0 Å². The van der Waals surface area contributed by atoms with Gasteiger partial charge in [-0.15, -0.1) is 0 Å². The molecule has 2 rings (SSSR count). The van der Waals surface area contributed by atoms with Crippen molar-refractivity contribution in [2.45, 2.75) is 13.8 Å². The van der Waals surface area contributed by atoms with E-state index in [9.17, 15) is 4.79 Å². The molecule has 0 bridgehead atoms. The van der Waals surface area contributed by atoms with E-state index in [1.165, 1.54) is 0 Å². The molecule has 0 atom stereocenters. The average molecular weight is 353 g/mol. The van der Waals surface area contributed by atoms with Gasteiger partial charge >= 0.3 is 0 Å². The smallest absolute Gasteiger partial charge is 0.259 e. The Morgan fingerprint density at radius 1 is 1.25 bits per heavy atom. The van der Waals surface area contributed by atoms with Crippen LogP contribution in [0.1, 0.15) is 22.8 Å². The summed E-state index contributed by atoms with van der Waals surface area (Å²) < 4.78 is 0.710. The van der Waals surface area contributed by atoms with Crippen LogP contribution < -0.4 is 4.90 Å². The van der Waals surface area contributed by atoms with Gasteiger partial charge < -0.3 is 4.90 Å². The van der Waals surface area contributed by atoms with Gasteiger partial charge in [-0.25, -0.2) is 0 Å². The summed E-state index contributed by atoms with van der Waals surface area (Å²) in [4.78, 5) is 14.5. The van der Waals surface area contributed by atoms with Crippen molar-refractivity contribution in [3.05, 3.63) is 63.1 Å². The Kier molecular flexibility index (Phi) is 4.84. The molecule has 4 heteroatoms. The lowest BCUT2D eigenvalue weighted by Gasteiger charge is -2.23. The molecule has 0 aliphatic carbocycles. The second-order valence-electron chi connectivity index (χ2n) is 4.46. The third-order valence-corrected chi connectivity index (χ3v) is 4.02. The highest BCUT2D eigenvalue weighted by molar-refractivity contribution is 9.10. The molecule has 2 aromatic rings. The van der Waals surface area contributed by atoms with Crippen molar-refractivity contribution in [1.82, 2.24) is 0 Å². The molecule has 2 aromatic carbocycles. The van der Waals surface area contributed by atoms with Crippen LogP contribution in [0.2, 0.25) is 5.02 Å². The highest BCUT2D eigenvalue weighted by atomic mass is 79.9. The molecule has 104 valence electrons. The SMILES string of the molecule is CCN(C(=O)c1ccc(Cl)cc1Br)c1ccccc1C. The quantitative estimate of drug-likeness (QED) is 0.754. The van der Waals surface area contributed by atoms with Gasteiger partial charge in [-0.2, -0.15) is 0 Å². The second kappa shape index (κ2) is 6.42. The van der Waals surface area contributed by atoms with E-state index in [0.717, 1.165) is 11.3 Å². The first kappa shape index (κ1) is 15.1. The van der Waals surface area contributed by atoms with Gasteiger partial charge in [-0.3, -0.25) is 4.79 Å². The molecule has 2 nitrogen and oxygen atoms in total. The minimum absolute atomic E-state index is 0.0367. The first-order valence-electron chi connectivity index (χ1n) is 6.37. The van der Waals surface area contributed by atoms with Gasteiger partial charge in [-0.1, -0.05) is 29.8 Å². The van der Waals surface area contributed by atoms with E-state index in [1.807, 2.05) is 38.1 Å². The number of aryl methyl sites for hydroxylation is 1. The predicted octanol–water partition coefficient (Wildman–Crippen LogP) is 5.08. The molecular weight excluding hydrogens is 338 g/mol. The molecule has 0 aliphatic heterocycles. The molecule has 0 fully saturated rings. The zero-order chi connectivity index (χ0) is 14.7. The summed E-state index contributed by atoms with van der Waals surface area (Å²) in [6, 6.07) is 13.1. The molecule has 0 aliphatic rings. The zero-order valence-electron chi connectivity index (χ0n) is 11.4. The van der Waals surface area contributed by atoms with E-state index in [4.69, 9.17) is 11.6 Å². The largest absolute Gasteiger partial charge is 0.308 e. The fourth-order valence-electron chi connectivity index (χ4n) is 2.10. The molecule has 0 saturated heterocycles. The highest BCUT2D eigenvalue weighted by Crippen LogP contribution is 2.26. The molecule has 0 heterocycles. The Labute approximate surface area is 132 Å². The normalized spacial score (nSPS) is 10.4. The maximum atomic E-state index is 12.7. The van der Waals surface area contributed by atoms with Crippen molar-refractivity contribution in [2.24, 2.45) is 0 Å². The van der Waals surface area contributed by atoms with Gasteiger partial charge in [0.1, 0.15) is 0 Å². The van der Waals surface area contributed by atoms with E-state index in [0.29, 0.717) is 21.6 Å². The molecule has 0 radical (unpaired) electrons. The van der Waals surface area contributed by atoms with E-state index in [2.05, 4.69) is 15.9 Å². The molecule has 20 heavy (non-hydrogen) atoms. The lowest BCUT2D eigenvalue weighted by molar-refractivity contribution is 0.0987. The zero-order valence-corrected chi connectivity index (χ0v) is 13.7. The fourth-order valence-corrected chi connectivity index (χ4v) is 2.95. The van der Waals surface area contributed by atoms with Gasteiger partial charge in [0.25, 0.3) is 5.91 Å². The summed E-state index contributed by atoms with van der Waals surface area (Å²) in [5.41, 5.74) is 2.62. The van der Waals surface area contributed by atoms with Crippen LogP contribution in [0.15, 0.2) is 46.9 Å². The summed E-state index contributed by atoms with van der Waals surface area (Å²) in [7, 11) is 0.